The van der Waals surface area contributed by atoms with Crippen LogP contribution in [0, 0.1) is 0 Å². The average Bonchev–Trinajstić information content (AvgIpc) is 2.17. The molecule has 0 atom stereocenters. The molecule has 1 aromatic heterocycles. The Kier molecular flexibility index (Phi) is 2.90. The van der Waals surface area contributed by atoms with Crippen LogP contribution < -0.4 is 0 Å². The molecular formula is C10H12N2O. The highest BCUT2D eigenvalue weighted by molar-refractivity contribution is 5.98. The molecule has 0 N–H and O–H groups in total. The van der Waals surface area contributed by atoms with Crippen LogP contribution in [0.2, 0.25) is 0 Å². The van der Waals surface area contributed by atoms with Gasteiger partial charge in [0.25, 0.3) is 0 Å². The Morgan fingerprint density at radius 2 is 1.92 bits per heavy atom. The van der Waals surface area contributed by atoms with Crippen molar-refractivity contribution in [2.75, 3.05) is 7.05 Å². The molecule has 0 aliphatic rings. The molecule has 0 spiro atoms. The summed E-state index contributed by atoms with van der Waals surface area (Å²) in [5.41, 5.74) is 2.08. The van der Waals surface area contributed by atoms with Crippen molar-refractivity contribution in [3.63, 3.8) is 0 Å². The van der Waals surface area contributed by atoms with E-state index in [0.29, 0.717) is 5.69 Å². The Morgan fingerprint density at radius 1 is 1.31 bits per heavy atom. The van der Waals surface area contributed by atoms with Crippen LogP contribution in [0.15, 0.2) is 23.2 Å². The predicted octanol–water partition coefficient (Wildman–Crippen LogP) is 1.72. The van der Waals surface area contributed by atoms with E-state index in [1.807, 2.05) is 19.1 Å². The van der Waals surface area contributed by atoms with Gasteiger partial charge in [0.15, 0.2) is 5.78 Å². The van der Waals surface area contributed by atoms with Crippen LogP contribution in [0.4, 0.5) is 0 Å². The van der Waals surface area contributed by atoms with E-state index >= 15 is 0 Å². The lowest BCUT2D eigenvalue weighted by Crippen LogP contribution is -2.03. The second-order valence-electron chi connectivity index (χ2n) is 2.77. The van der Waals surface area contributed by atoms with Crippen LogP contribution in [-0.2, 0) is 0 Å². The van der Waals surface area contributed by atoms with Crippen LogP contribution in [0.25, 0.3) is 0 Å². The summed E-state index contributed by atoms with van der Waals surface area (Å²) in [4.78, 5) is 19.2. The van der Waals surface area contributed by atoms with E-state index in [1.165, 1.54) is 6.92 Å². The Hall–Kier alpha value is -1.51. The number of carbonyl (C=O) groups is 1. The summed E-state index contributed by atoms with van der Waals surface area (Å²) in [6.45, 7) is 3.37. The highest BCUT2D eigenvalue weighted by Gasteiger charge is 2.03. The van der Waals surface area contributed by atoms with Crippen molar-refractivity contribution >= 4 is 11.5 Å². The fourth-order valence-corrected chi connectivity index (χ4v) is 0.947. The third-order valence-corrected chi connectivity index (χ3v) is 1.82. The fourth-order valence-electron chi connectivity index (χ4n) is 0.947. The Bertz CT molecular complexity index is 356. The van der Waals surface area contributed by atoms with Crippen LogP contribution in [0.5, 0.6) is 0 Å². The highest BCUT2D eigenvalue weighted by Crippen LogP contribution is 2.01. The smallest absolute Gasteiger partial charge is 0.178 e. The second kappa shape index (κ2) is 3.94. The van der Waals surface area contributed by atoms with E-state index in [9.17, 15) is 4.79 Å². The zero-order valence-electron chi connectivity index (χ0n) is 8.03. The van der Waals surface area contributed by atoms with Crippen LogP contribution in [-0.4, -0.2) is 23.5 Å². The topological polar surface area (TPSA) is 42.3 Å². The van der Waals surface area contributed by atoms with Gasteiger partial charge in [0.2, 0.25) is 0 Å². The minimum atomic E-state index is -0.0225. The number of aliphatic imine (C=N–C) groups is 1. The average molecular weight is 176 g/mol. The van der Waals surface area contributed by atoms with Gasteiger partial charge in [0.05, 0.1) is 11.4 Å². The van der Waals surface area contributed by atoms with Crippen molar-refractivity contribution in [2.24, 2.45) is 4.99 Å². The summed E-state index contributed by atoms with van der Waals surface area (Å²) in [5.74, 6) is -0.0225. The molecule has 0 saturated heterocycles. The zero-order valence-corrected chi connectivity index (χ0v) is 8.03. The first-order valence-corrected chi connectivity index (χ1v) is 4.07. The van der Waals surface area contributed by atoms with Crippen LogP contribution in [0.1, 0.15) is 30.0 Å². The number of pyridine rings is 1. The van der Waals surface area contributed by atoms with Gasteiger partial charge in [0.1, 0.15) is 5.69 Å². The molecule has 0 radical (unpaired) electrons. The molecule has 3 heteroatoms. The van der Waals surface area contributed by atoms with E-state index < -0.39 is 0 Å². The molecule has 1 heterocycles. The molecule has 0 aromatic carbocycles. The van der Waals surface area contributed by atoms with Crippen LogP contribution in [0.3, 0.4) is 0 Å². The number of hydrogen-bond acceptors (Lipinski definition) is 3. The van der Waals surface area contributed by atoms with E-state index in [1.54, 1.807) is 13.1 Å². The number of nitrogens with zero attached hydrogens (tertiary/aromatic N) is 2. The third-order valence-electron chi connectivity index (χ3n) is 1.82. The van der Waals surface area contributed by atoms with Crippen molar-refractivity contribution in [3.05, 3.63) is 29.6 Å². The minimum absolute atomic E-state index is 0.0225. The monoisotopic (exact) mass is 176 g/mol. The summed E-state index contributed by atoms with van der Waals surface area (Å²) < 4.78 is 0. The van der Waals surface area contributed by atoms with Crippen molar-refractivity contribution in [1.82, 2.24) is 4.98 Å². The molecule has 0 aliphatic heterocycles. The molecule has 3 nitrogen and oxygen atoms in total. The largest absolute Gasteiger partial charge is 0.293 e. The van der Waals surface area contributed by atoms with Gasteiger partial charge < -0.3 is 0 Å². The van der Waals surface area contributed by atoms with Crippen molar-refractivity contribution in [3.8, 4) is 0 Å². The Labute approximate surface area is 77.5 Å². The molecule has 0 saturated carbocycles. The molecule has 0 unspecified atom stereocenters. The first-order valence-electron chi connectivity index (χ1n) is 4.07. The molecule has 0 aliphatic carbocycles. The van der Waals surface area contributed by atoms with Crippen LogP contribution >= 0.6 is 0 Å². The summed E-state index contributed by atoms with van der Waals surface area (Å²) in [6, 6.07) is 5.36. The van der Waals surface area contributed by atoms with Gasteiger partial charge in [-0.2, -0.15) is 0 Å². The summed E-state index contributed by atoms with van der Waals surface area (Å²) in [5, 5.41) is 0. The third kappa shape index (κ3) is 2.21. The van der Waals surface area contributed by atoms with Crippen molar-refractivity contribution < 1.29 is 4.79 Å². The lowest BCUT2D eigenvalue weighted by molar-refractivity contribution is 0.101. The van der Waals surface area contributed by atoms with Gasteiger partial charge >= 0.3 is 0 Å². The maximum absolute atomic E-state index is 11.0. The number of Topliss-reactive ketones (excluding diaryl/α,β-unsaturated/α-hetero) is 1. The maximum atomic E-state index is 11.0. The Morgan fingerprint density at radius 3 is 2.46 bits per heavy atom. The lowest BCUT2D eigenvalue weighted by Gasteiger charge is -2.00. The maximum Gasteiger partial charge on any atom is 0.178 e. The number of carbonyl (C=O) groups excluding carboxylic acids is 1. The summed E-state index contributed by atoms with van der Waals surface area (Å²) in [7, 11) is 1.71. The first kappa shape index (κ1) is 9.58. The summed E-state index contributed by atoms with van der Waals surface area (Å²) in [6.07, 6.45) is 0. The molecule has 0 fully saturated rings. The van der Waals surface area contributed by atoms with Gasteiger partial charge in [-0.25, -0.2) is 4.98 Å². The van der Waals surface area contributed by atoms with Gasteiger partial charge in [-0.1, -0.05) is 6.07 Å². The molecule has 1 aromatic rings. The Balaban J connectivity index is 3.13. The van der Waals surface area contributed by atoms with Gasteiger partial charge in [-0.3, -0.25) is 9.79 Å². The number of aromatic nitrogens is 1. The van der Waals surface area contributed by atoms with E-state index in [4.69, 9.17) is 0 Å². The molecule has 0 amide bonds. The summed E-state index contributed by atoms with van der Waals surface area (Å²) >= 11 is 0. The molecule has 1 rings (SSSR count). The first-order chi connectivity index (χ1) is 6.15. The lowest BCUT2D eigenvalue weighted by atomic mass is 10.2. The highest BCUT2D eigenvalue weighted by atomic mass is 16.1. The van der Waals surface area contributed by atoms with Crippen molar-refractivity contribution in [2.45, 2.75) is 13.8 Å². The van der Waals surface area contributed by atoms with Gasteiger partial charge in [-0.15, -0.1) is 0 Å². The molecular weight excluding hydrogens is 164 g/mol. The number of rotatable bonds is 2. The molecule has 0 bridgehead atoms. The SMILES string of the molecule is C/N=C(\C)c1cccc(C(C)=O)n1. The quantitative estimate of drug-likeness (QED) is 0.508. The van der Waals surface area contributed by atoms with Gasteiger partial charge in [-0.05, 0) is 19.1 Å². The predicted molar refractivity (Wildman–Crippen MR) is 52.4 cm³/mol. The zero-order chi connectivity index (χ0) is 9.84. The van der Waals surface area contributed by atoms with E-state index in [2.05, 4.69) is 9.98 Å². The normalized spacial score (nSPS) is 11.5. The molecule has 68 valence electrons. The molecule has 13 heavy (non-hydrogen) atoms. The number of hydrogen-bond donors (Lipinski definition) is 0. The van der Waals surface area contributed by atoms with Gasteiger partial charge in [0, 0.05) is 14.0 Å². The van der Waals surface area contributed by atoms with E-state index in [-0.39, 0.29) is 5.78 Å². The minimum Gasteiger partial charge on any atom is -0.293 e. The standard InChI is InChI=1S/C10H12N2O/c1-7(11-3)9-5-4-6-10(12-9)8(2)13/h4-6H,1-3H3/b11-7+. The van der Waals surface area contributed by atoms with E-state index in [0.717, 1.165) is 11.4 Å². The van der Waals surface area contributed by atoms with Crippen molar-refractivity contribution in [1.29, 1.82) is 0 Å². The fraction of sp³-hybridized carbons (Fsp3) is 0.300. The number of ketones is 1. The second-order valence-corrected chi connectivity index (χ2v) is 2.77.